The van der Waals surface area contributed by atoms with Crippen molar-refractivity contribution in [2.75, 3.05) is 37.7 Å². The number of carboxylic acid groups (broad SMARTS) is 1. The number of halogens is 1. The molecule has 12 heteroatoms. The summed E-state index contributed by atoms with van der Waals surface area (Å²) in [6.07, 6.45) is -0.113. The molecule has 3 aliphatic heterocycles. The Hall–Kier alpha value is -3.54. The highest BCUT2D eigenvalue weighted by Gasteiger charge is 2.52. The Balaban J connectivity index is 1.51. The molecule has 1 aromatic heterocycles. The number of amides is 1. The van der Waals surface area contributed by atoms with Crippen LogP contribution in [0.2, 0.25) is 0 Å². The van der Waals surface area contributed by atoms with E-state index in [4.69, 9.17) is 19.3 Å². The van der Waals surface area contributed by atoms with Crippen LogP contribution in [0.25, 0.3) is 10.9 Å². The van der Waals surface area contributed by atoms with Crippen LogP contribution in [0.3, 0.4) is 0 Å². The molecule has 0 aliphatic carbocycles. The predicted octanol–water partition coefficient (Wildman–Crippen LogP) is 3.27. The second-order valence-electron chi connectivity index (χ2n) is 10.8. The van der Waals surface area contributed by atoms with Crippen LogP contribution in [0.15, 0.2) is 17.1 Å². The van der Waals surface area contributed by atoms with Crippen molar-refractivity contribution >= 4 is 28.8 Å². The van der Waals surface area contributed by atoms with Crippen molar-refractivity contribution in [3.05, 3.63) is 28.3 Å². The van der Waals surface area contributed by atoms with Crippen molar-refractivity contribution in [2.45, 2.75) is 51.4 Å². The highest BCUT2D eigenvalue weighted by atomic mass is 19.1. The van der Waals surface area contributed by atoms with Crippen molar-refractivity contribution in [3.63, 3.8) is 0 Å². The van der Waals surface area contributed by atoms with E-state index in [-0.39, 0.29) is 41.9 Å². The lowest BCUT2D eigenvalue weighted by atomic mass is 9.91. The summed E-state index contributed by atoms with van der Waals surface area (Å²) in [6, 6.07) is 0.847. The molecule has 2 fully saturated rings. The van der Waals surface area contributed by atoms with E-state index in [0.717, 1.165) is 12.5 Å². The lowest BCUT2D eigenvalue weighted by Crippen LogP contribution is -2.49. The number of rotatable bonds is 4. The first kappa shape index (κ1) is 25.1. The number of hydrogen-bond acceptors (Lipinski definition) is 8. The smallest absolute Gasteiger partial charge is 0.487 e. The Morgan fingerprint density at radius 1 is 1.35 bits per heavy atom. The molecule has 3 unspecified atom stereocenters. The van der Waals surface area contributed by atoms with Gasteiger partial charge in [0.2, 0.25) is 5.43 Å². The third kappa shape index (κ3) is 4.43. The van der Waals surface area contributed by atoms with Crippen LogP contribution >= 0.6 is 0 Å². The summed E-state index contributed by atoms with van der Waals surface area (Å²) in [5.74, 6) is -0.838. The number of ether oxygens (including phenoxy) is 4. The molecular weight excluding hydrogens is 489 g/mol. The number of fused-ring (bicyclic) bond motifs is 1. The van der Waals surface area contributed by atoms with Crippen molar-refractivity contribution in [1.29, 1.82) is 0 Å². The first-order valence-corrected chi connectivity index (χ1v) is 12.2. The maximum atomic E-state index is 15.7. The van der Waals surface area contributed by atoms with E-state index in [0.29, 0.717) is 25.2 Å². The molecule has 200 valence electrons. The second kappa shape index (κ2) is 8.79. The van der Waals surface area contributed by atoms with Gasteiger partial charge in [-0.25, -0.2) is 14.0 Å². The van der Waals surface area contributed by atoms with Crippen LogP contribution in [0.5, 0.6) is 11.5 Å². The SMILES string of the molecule is CC1COc2c(N3CC4CCOC4(CNC(=O)OC(C)(C)C)C3)c(F)cc3c(=O)c(OC(=O)O)cn1c23. The van der Waals surface area contributed by atoms with Crippen molar-refractivity contribution in [3.8, 4) is 11.5 Å². The molecule has 1 aromatic carbocycles. The molecule has 3 atom stereocenters. The normalized spacial score (nSPS) is 24.5. The summed E-state index contributed by atoms with van der Waals surface area (Å²) in [6.45, 7) is 8.86. The van der Waals surface area contributed by atoms with E-state index in [2.05, 4.69) is 10.1 Å². The van der Waals surface area contributed by atoms with Crippen molar-refractivity contribution in [2.24, 2.45) is 5.92 Å². The molecule has 0 spiro atoms. The first-order chi connectivity index (χ1) is 17.4. The van der Waals surface area contributed by atoms with Crippen LogP contribution in [0, 0.1) is 11.7 Å². The van der Waals surface area contributed by atoms with Gasteiger partial charge in [0.15, 0.2) is 17.3 Å². The number of nitrogens with zero attached hydrogens (tertiary/aromatic N) is 2. The number of aromatic nitrogens is 1. The van der Waals surface area contributed by atoms with Gasteiger partial charge in [0.05, 0.1) is 29.7 Å². The zero-order valence-electron chi connectivity index (χ0n) is 21.1. The third-order valence-electron chi connectivity index (χ3n) is 7.05. The van der Waals surface area contributed by atoms with E-state index >= 15 is 4.39 Å². The van der Waals surface area contributed by atoms with Gasteiger partial charge in [-0.3, -0.25) is 4.79 Å². The fourth-order valence-electron chi connectivity index (χ4n) is 5.48. The van der Waals surface area contributed by atoms with Crippen LogP contribution < -0.4 is 25.1 Å². The molecule has 2 N–H and O–H groups in total. The van der Waals surface area contributed by atoms with E-state index < -0.39 is 40.4 Å². The van der Waals surface area contributed by atoms with Gasteiger partial charge >= 0.3 is 12.2 Å². The van der Waals surface area contributed by atoms with Gasteiger partial charge in [0.25, 0.3) is 0 Å². The molecule has 0 bridgehead atoms. The zero-order chi connectivity index (χ0) is 26.7. The van der Waals surface area contributed by atoms with E-state index in [1.807, 2.05) is 11.8 Å². The van der Waals surface area contributed by atoms with Gasteiger partial charge in [-0.15, -0.1) is 0 Å². The minimum absolute atomic E-state index is 0.0285. The molecule has 11 nitrogen and oxygen atoms in total. The minimum atomic E-state index is -1.63. The summed E-state index contributed by atoms with van der Waals surface area (Å²) in [5.41, 5.74) is -1.54. The molecule has 2 aromatic rings. The van der Waals surface area contributed by atoms with Crippen LogP contribution in [0.4, 0.5) is 19.7 Å². The van der Waals surface area contributed by atoms with Gasteiger partial charge in [-0.2, -0.15) is 0 Å². The zero-order valence-corrected chi connectivity index (χ0v) is 21.1. The highest BCUT2D eigenvalue weighted by molar-refractivity contribution is 5.93. The number of hydrogen-bond donors (Lipinski definition) is 2. The molecule has 1 amide bonds. The Morgan fingerprint density at radius 2 is 2.11 bits per heavy atom. The van der Waals surface area contributed by atoms with Gasteiger partial charge < -0.3 is 38.8 Å². The van der Waals surface area contributed by atoms with Crippen LogP contribution in [0.1, 0.15) is 40.2 Å². The van der Waals surface area contributed by atoms with E-state index in [9.17, 15) is 14.4 Å². The maximum absolute atomic E-state index is 15.7. The quantitative estimate of drug-likeness (QED) is 0.585. The Morgan fingerprint density at radius 3 is 2.81 bits per heavy atom. The molecule has 37 heavy (non-hydrogen) atoms. The molecular formula is C25H30FN3O8. The highest BCUT2D eigenvalue weighted by Crippen LogP contribution is 2.47. The number of carbonyl (C=O) groups is 2. The van der Waals surface area contributed by atoms with Crippen molar-refractivity contribution in [1.82, 2.24) is 9.88 Å². The first-order valence-electron chi connectivity index (χ1n) is 12.2. The van der Waals surface area contributed by atoms with Gasteiger partial charge in [-0.05, 0) is 40.2 Å². The summed E-state index contributed by atoms with van der Waals surface area (Å²) in [5, 5.41) is 11.8. The summed E-state index contributed by atoms with van der Waals surface area (Å²) in [7, 11) is 0. The molecule has 4 heterocycles. The lowest BCUT2D eigenvalue weighted by molar-refractivity contribution is -0.000290. The maximum Gasteiger partial charge on any atom is 0.511 e. The van der Waals surface area contributed by atoms with Gasteiger partial charge in [0, 0.05) is 25.6 Å². The summed E-state index contributed by atoms with van der Waals surface area (Å²) in [4.78, 5) is 38.2. The Kier molecular flexibility index (Phi) is 5.97. The number of anilines is 1. The number of carbonyl (C=O) groups excluding carboxylic acids is 1. The van der Waals surface area contributed by atoms with Crippen LogP contribution in [-0.4, -0.2) is 66.0 Å². The molecule has 0 saturated carbocycles. The Bertz CT molecular complexity index is 1340. The van der Waals surface area contributed by atoms with Crippen molar-refractivity contribution < 1.29 is 38.0 Å². The monoisotopic (exact) mass is 519 g/mol. The third-order valence-corrected chi connectivity index (χ3v) is 7.05. The number of alkyl carbamates (subject to hydrolysis) is 1. The topological polar surface area (TPSA) is 129 Å². The lowest BCUT2D eigenvalue weighted by Gasteiger charge is -2.32. The number of nitrogens with one attached hydrogen (secondary N) is 1. The Labute approximate surface area is 212 Å². The molecule has 5 rings (SSSR count). The molecule has 3 aliphatic rings. The minimum Gasteiger partial charge on any atom is -0.487 e. The van der Waals surface area contributed by atoms with E-state index in [1.165, 1.54) is 6.20 Å². The standard InChI is InChI=1S/C25H30FN3O8/c1-13-10-34-21-18-15(20(30)17(9-29(13)18)36-23(32)33)7-16(26)19(21)28-8-14-5-6-35-25(14,12-28)11-27-22(31)37-24(2,3)4/h7,9,13-14H,5-6,8,10-12H2,1-4H3,(H,27,31)(H,32,33). The fraction of sp³-hybridized carbons (Fsp3) is 0.560. The fourth-order valence-corrected chi connectivity index (χ4v) is 5.48. The predicted molar refractivity (Wildman–Crippen MR) is 130 cm³/mol. The molecule has 0 radical (unpaired) electrons. The second-order valence-corrected chi connectivity index (χ2v) is 10.8. The number of benzene rings is 1. The summed E-state index contributed by atoms with van der Waals surface area (Å²) < 4.78 is 39.5. The van der Waals surface area contributed by atoms with Gasteiger partial charge in [-0.1, -0.05) is 0 Å². The van der Waals surface area contributed by atoms with Crippen LogP contribution in [-0.2, 0) is 9.47 Å². The van der Waals surface area contributed by atoms with E-state index in [1.54, 1.807) is 25.3 Å². The average Bonchev–Trinajstić information content (AvgIpc) is 3.33. The van der Waals surface area contributed by atoms with Gasteiger partial charge in [0.1, 0.15) is 23.5 Å². The number of pyridine rings is 1. The summed E-state index contributed by atoms with van der Waals surface area (Å²) >= 11 is 0. The molecule has 2 saturated heterocycles. The largest absolute Gasteiger partial charge is 0.511 e. The average molecular weight is 520 g/mol.